The van der Waals surface area contributed by atoms with E-state index in [0.29, 0.717) is 5.92 Å². The van der Waals surface area contributed by atoms with Gasteiger partial charge >= 0.3 is 0 Å². The first-order valence-corrected chi connectivity index (χ1v) is 17.6. The highest BCUT2D eigenvalue weighted by Crippen LogP contribution is 2.64. The highest BCUT2D eigenvalue weighted by Gasteiger charge is 2.56. The third-order valence-corrected chi connectivity index (χ3v) is 11.4. The highest BCUT2D eigenvalue weighted by atomic mass is 16.3. The molecule has 234 valence electrons. The molecule has 0 spiro atoms. The van der Waals surface area contributed by atoms with Crippen molar-refractivity contribution >= 4 is 59.8 Å². The Bertz CT molecular complexity index is 2860. The second-order valence-corrected chi connectivity index (χ2v) is 14.0. The van der Waals surface area contributed by atoms with E-state index in [1.807, 2.05) is 6.07 Å². The van der Waals surface area contributed by atoms with Gasteiger partial charge in [-0.25, -0.2) is 0 Å². The van der Waals surface area contributed by atoms with Gasteiger partial charge in [-0.1, -0.05) is 170 Å². The fourth-order valence-corrected chi connectivity index (χ4v) is 9.07. The first-order valence-electron chi connectivity index (χ1n) is 17.6. The average Bonchev–Trinajstić information content (AvgIpc) is 3.83. The molecular weight excluding hydrogens is 605 g/mol. The first-order chi connectivity index (χ1) is 24.8. The van der Waals surface area contributed by atoms with Crippen molar-refractivity contribution in [2.24, 2.45) is 5.92 Å². The van der Waals surface area contributed by atoms with Crippen LogP contribution in [0.15, 0.2) is 180 Å². The van der Waals surface area contributed by atoms with Gasteiger partial charge in [0.05, 0.1) is 0 Å². The Hall–Kier alpha value is -6.18. The maximum absolute atomic E-state index is 6.57. The normalized spacial score (nSPS) is 18.2. The molecule has 11 rings (SSSR count). The number of fused-ring (bicyclic) bond motifs is 7. The van der Waals surface area contributed by atoms with Gasteiger partial charge in [0.2, 0.25) is 0 Å². The summed E-state index contributed by atoms with van der Waals surface area (Å²) in [7, 11) is 0. The number of benzene rings is 8. The molecule has 2 atom stereocenters. The van der Waals surface area contributed by atoms with Crippen LogP contribution >= 0.6 is 0 Å². The van der Waals surface area contributed by atoms with Crippen molar-refractivity contribution in [3.8, 4) is 22.3 Å². The van der Waals surface area contributed by atoms with E-state index in [1.54, 1.807) is 0 Å². The fourth-order valence-electron chi connectivity index (χ4n) is 9.07. The van der Waals surface area contributed by atoms with Crippen molar-refractivity contribution in [3.05, 3.63) is 187 Å². The van der Waals surface area contributed by atoms with Crippen molar-refractivity contribution in [1.82, 2.24) is 0 Å². The number of furan rings is 1. The van der Waals surface area contributed by atoms with Crippen LogP contribution in [-0.4, -0.2) is 0 Å². The van der Waals surface area contributed by atoms with Gasteiger partial charge in [0.15, 0.2) is 0 Å². The molecule has 1 heteroatoms. The van der Waals surface area contributed by atoms with Gasteiger partial charge in [-0.2, -0.15) is 0 Å². The van der Waals surface area contributed by atoms with Crippen LogP contribution in [0, 0.1) is 5.92 Å². The average molecular weight is 637 g/mol. The summed E-state index contributed by atoms with van der Waals surface area (Å²) in [6.07, 6.45) is 8.29. The summed E-state index contributed by atoms with van der Waals surface area (Å²) >= 11 is 0. The second kappa shape index (κ2) is 10.4. The van der Waals surface area contributed by atoms with Crippen LogP contribution in [0.2, 0.25) is 0 Å². The summed E-state index contributed by atoms with van der Waals surface area (Å²) < 4.78 is 6.57. The highest BCUT2D eigenvalue weighted by molar-refractivity contribution is 6.21. The number of para-hydroxylation sites is 2. The van der Waals surface area contributed by atoms with Gasteiger partial charge in [0.1, 0.15) is 11.2 Å². The zero-order chi connectivity index (χ0) is 32.8. The van der Waals surface area contributed by atoms with Gasteiger partial charge in [-0.3, -0.25) is 0 Å². The Balaban J connectivity index is 1.13. The Morgan fingerprint density at radius 1 is 0.480 bits per heavy atom. The molecule has 9 aromatic rings. The summed E-state index contributed by atoms with van der Waals surface area (Å²) in [5.74, 6) is 0.435. The van der Waals surface area contributed by atoms with Crippen LogP contribution in [0.4, 0.5) is 0 Å². The molecule has 0 radical (unpaired) electrons. The van der Waals surface area contributed by atoms with Gasteiger partial charge in [0.25, 0.3) is 0 Å². The first kappa shape index (κ1) is 27.7. The van der Waals surface area contributed by atoms with E-state index in [0.717, 1.165) is 33.9 Å². The van der Waals surface area contributed by atoms with Crippen LogP contribution in [0.25, 0.3) is 82.1 Å². The van der Waals surface area contributed by atoms with Crippen LogP contribution < -0.4 is 0 Å². The molecule has 1 fully saturated rings. The zero-order valence-corrected chi connectivity index (χ0v) is 27.4. The molecule has 50 heavy (non-hydrogen) atoms. The minimum absolute atomic E-state index is 0.0346. The molecule has 2 aliphatic carbocycles. The fraction of sp³-hybridized carbons (Fsp3) is 0.0612. The summed E-state index contributed by atoms with van der Waals surface area (Å²) in [5.41, 5.74) is 10.9. The zero-order valence-electron chi connectivity index (χ0n) is 27.4. The van der Waals surface area contributed by atoms with Gasteiger partial charge in [-0.05, 0) is 84.1 Å². The second-order valence-electron chi connectivity index (χ2n) is 14.0. The quantitative estimate of drug-likeness (QED) is 0.175. The molecule has 1 heterocycles. The van der Waals surface area contributed by atoms with Crippen LogP contribution in [0.3, 0.4) is 0 Å². The van der Waals surface area contributed by atoms with Crippen molar-refractivity contribution in [2.45, 2.75) is 11.8 Å². The summed E-state index contributed by atoms with van der Waals surface area (Å²) in [6.45, 7) is 0. The standard InChI is InChI=1S/C49H32O/c1-2-14-32-29-33(27-26-31(32)13-1)49-28-12-24-43(44(49)30-49)47-39-20-7-5-18-37(39)46(38-19-6-8-21-40(38)47)36-17-4-3-15-34(36)41-22-11-23-42-35-16-9-10-25-45(35)50-48(41)42/h1-29,44H,30H2. The predicted molar refractivity (Wildman–Crippen MR) is 210 cm³/mol. The van der Waals surface area contributed by atoms with E-state index in [1.165, 1.54) is 65.7 Å². The molecule has 0 aliphatic heterocycles. The molecule has 1 aromatic heterocycles. The lowest BCUT2D eigenvalue weighted by Gasteiger charge is -2.24. The maximum atomic E-state index is 6.57. The smallest absolute Gasteiger partial charge is 0.143 e. The SMILES string of the molecule is C1=CC2(c3ccc4ccccc4c3)CC2C(c2c3ccccc3c(-c3ccccc3-c3cccc4c3oc3ccccc34)c3ccccc23)=C1. The molecule has 2 aliphatic rings. The Morgan fingerprint density at radius 2 is 1.08 bits per heavy atom. The predicted octanol–water partition coefficient (Wildman–Crippen LogP) is 13.3. The van der Waals surface area contributed by atoms with Gasteiger partial charge < -0.3 is 4.42 Å². The van der Waals surface area contributed by atoms with E-state index in [9.17, 15) is 0 Å². The molecule has 1 saturated carbocycles. The van der Waals surface area contributed by atoms with Gasteiger partial charge in [-0.15, -0.1) is 0 Å². The van der Waals surface area contributed by atoms with Crippen LogP contribution in [0.1, 0.15) is 17.5 Å². The molecule has 1 nitrogen and oxygen atoms in total. The summed E-state index contributed by atoms with van der Waals surface area (Å²) in [6, 6.07) is 57.7. The Labute approximate surface area is 290 Å². The van der Waals surface area contributed by atoms with E-state index in [4.69, 9.17) is 4.42 Å². The van der Waals surface area contributed by atoms with Crippen LogP contribution in [0.5, 0.6) is 0 Å². The largest absolute Gasteiger partial charge is 0.455 e. The Kier molecular flexibility index (Phi) is 5.77. The lowest BCUT2D eigenvalue weighted by molar-refractivity contribution is 0.670. The third-order valence-electron chi connectivity index (χ3n) is 11.4. The lowest BCUT2D eigenvalue weighted by atomic mass is 9.79. The molecule has 8 aromatic carbocycles. The third kappa shape index (κ3) is 3.89. The molecule has 2 unspecified atom stereocenters. The minimum Gasteiger partial charge on any atom is -0.455 e. The minimum atomic E-state index is 0.0346. The van der Waals surface area contributed by atoms with E-state index < -0.39 is 0 Å². The molecule has 0 N–H and O–H groups in total. The van der Waals surface area contributed by atoms with Crippen molar-refractivity contribution in [2.75, 3.05) is 0 Å². The van der Waals surface area contributed by atoms with Crippen molar-refractivity contribution < 1.29 is 4.42 Å². The van der Waals surface area contributed by atoms with Crippen molar-refractivity contribution in [1.29, 1.82) is 0 Å². The van der Waals surface area contributed by atoms with Crippen molar-refractivity contribution in [3.63, 3.8) is 0 Å². The van der Waals surface area contributed by atoms with Crippen LogP contribution in [-0.2, 0) is 5.41 Å². The Morgan fingerprint density at radius 3 is 1.86 bits per heavy atom. The van der Waals surface area contributed by atoms with E-state index in [-0.39, 0.29) is 5.41 Å². The topological polar surface area (TPSA) is 13.1 Å². The monoisotopic (exact) mass is 636 g/mol. The number of rotatable bonds is 4. The van der Waals surface area contributed by atoms with Gasteiger partial charge in [0, 0.05) is 21.8 Å². The maximum Gasteiger partial charge on any atom is 0.143 e. The molecular formula is C49H32O. The number of hydrogen-bond acceptors (Lipinski definition) is 1. The molecule has 0 amide bonds. The number of allylic oxidation sites excluding steroid dienone is 4. The van der Waals surface area contributed by atoms with E-state index in [2.05, 4.69) is 170 Å². The molecule has 0 bridgehead atoms. The molecule has 0 saturated heterocycles. The summed E-state index contributed by atoms with van der Waals surface area (Å²) in [4.78, 5) is 0. The van der Waals surface area contributed by atoms with E-state index >= 15 is 0 Å². The number of hydrogen-bond donors (Lipinski definition) is 0. The lowest BCUT2D eigenvalue weighted by Crippen LogP contribution is -2.10. The summed E-state index contributed by atoms with van der Waals surface area (Å²) in [5, 5.41) is 10.1.